The summed E-state index contributed by atoms with van der Waals surface area (Å²) in [6, 6.07) is 3.01. The predicted molar refractivity (Wildman–Crippen MR) is 57.7 cm³/mol. The Balaban J connectivity index is 2.25. The largest absolute Gasteiger partial charge is 0.476 e. The first-order valence-electron chi connectivity index (χ1n) is 4.67. The van der Waals surface area contributed by atoms with Gasteiger partial charge in [-0.25, -0.2) is 9.78 Å². The maximum Gasteiger partial charge on any atom is 0.356 e. The Kier molecular flexibility index (Phi) is 2.82. The monoisotopic (exact) mass is 232 g/mol. The highest BCUT2D eigenvalue weighted by Gasteiger charge is 2.14. The maximum atomic E-state index is 11.7. The molecular weight excluding hydrogens is 224 g/mol. The Hall–Kier alpha value is -2.70. The molecule has 1 amide bonds. The highest BCUT2D eigenvalue weighted by molar-refractivity contribution is 6.06. The van der Waals surface area contributed by atoms with Crippen molar-refractivity contribution in [2.24, 2.45) is 0 Å². The number of carboxylic acids is 1. The van der Waals surface area contributed by atoms with Crippen LogP contribution in [0.25, 0.3) is 0 Å². The van der Waals surface area contributed by atoms with E-state index in [-0.39, 0.29) is 11.4 Å². The molecule has 0 fully saturated rings. The molecule has 0 bridgehead atoms. The van der Waals surface area contributed by atoms with E-state index in [1.807, 2.05) is 0 Å². The van der Waals surface area contributed by atoms with Crippen molar-refractivity contribution < 1.29 is 14.7 Å². The van der Waals surface area contributed by atoms with Gasteiger partial charge in [0, 0.05) is 12.4 Å². The number of rotatable bonds is 3. The van der Waals surface area contributed by atoms with Crippen LogP contribution in [0, 0.1) is 0 Å². The van der Waals surface area contributed by atoms with Crippen LogP contribution in [0.1, 0.15) is 20.8 Å². The van der Waals surface area contributed by atoms with E-state index in [1.54, 1.807) is 0 Å². The van der Waals surface area contributed by atoms with E-state index in [0.717, 1.165) is 0 Å². The van der Waals surface area contributed by atoms with E-state index in [2.05, 4.69) is 20.5 Å². The average molecular weight is 232 g/mol. The molecule has 0 saturated carbocycles. The van der Waals surface area contributed by atoms with Crippen molar-refractivity contribution in [1.29, 1.82) is 0 Å². The van der Waals surface area contributed by atoms with Crippen molar-refractivity contribution in [1.82, 2.24) is 15.2 Å². The maximum absolute atomic E-state index is 11.7. The van der Waals surface area contributed by atoms with E-state index >= 15 is 0 Å². The molecule has 0 aliphatic heterocycles. The van der Waals surface area contributed by atoms with Crippen LogP contribution < -0.4 is 5.32 Å². The van der Waals surface area contributed by atoms with Crippen LogP contribution in [0.15, 0.2) is 30.7 Å². The van der Waals surface area contributed by atoms with Gasteiger partial charge >= 0.3 is 5.97 Å². The van der Waals surface area contributed by atoms with Gasteiger partial charge in [0.15, 0.2) is 5.69 Å². The van der Waals surface area contributed by atoms with Crippen LogP contribution in [0.4, 0.5) is 5.69 Å². The van der Waals surface area contributed by atoms with Crippen molar-refractivity contribution in [3.63, 3.8) is 0 Å². The van der Waals surface area contributed by atoms with Gasteiger partial charge in [-0.05, 0) is 12.1 Å². The number of aromatic nitrogens is 3. The minimum absolute atomic E-state index is 0.145. The number of nitrogens with one attached hydrogen (secondary N) is 2. The van der Waals surface area contributed by atoms with Gasteiger partial charge in [0.2, 0.25) is 0 Å². The third-order valence-corrected chi connectivity index (χ3v) is 2.02. The lowest BCUT2D eigenvalue weighted by molar-refractivity contribution is 0.0692. The molecule has 2 heterocycles. The number of H-pyrrole nitrogens is 1. The summed E-state index contributed by atoms with van der Waals surface area (Å²) in [5.41, 5.74) is 0.251. The SMILES string of the molecule is O=C(Nc1cccnc1C(=O)O)c1cn[nH]c1. The fourth-order valence-corrected chi connectivity index (χ4v) is 1.25. The van der Waals surface area contributed by atoms with E-state index in [1.165, 1.54) is 30.7 Å². The second-order valence-electron chi connectivity index (χ2n) is 3.15. The van der Waals surface area contributed by atoms with Gasteiger partial charge in [-0.1, -0.05) is 0 Å². The molecule has 0 saturated heterocycles. The lowest BCUT2D eigenvalue weighted by Gasteiger charge is -2.05. The predicted octanol–water partition coefficient (Wildman–Crippen LogP) is 0.755. The number of carbonyl (C=O) groups is 2. The first-order chi connectivity index (χ1) is 8.18. The number of aromatic carboxylic acids is 1. The smallest absolute Gasteiger partial charge is 0.356 e. The first kappa shape index (κ1) is 10.8. The zero-order valence-corrected chi connectivity index (χ0v) is 8.54. The van der Waals surface area contributed by atoms with Gasteiger partial charge in [0.1, 0.15) is 0 Å². The minimum atomic E-state index is -1.20. The molecule has 0 aliphatic rings. The number of aromatic amines is 1. The van der Waals surface area contributed by atoms with Crippen molar-refractivity contribution in [2.45, 2.75) is 0 Å². The van der Waals surface area contributed by atoms with Gasteiger partial charge < -0.3 is 10.4 Å². The number of carbonyl (C=O) groups excluding carboxylic acids is 1. The van der Waals surface area contributed by atoms with Crippen LogP contribution in [-0.2, 0) is 0 Å². The summed E-state index contributed by atoms with van der Waals surface area (Å²) in [6.45, 7) is 0. The molecule has 0 radical (unpaired) electrons. The second-order valence-corrected chi connectivity index (χ2v) is 3.15. The molecule has 3 N–H and O–H groups in total. The van der Waals surface area contributed by atoms with Crippen molar-refractivity contribution >= 4 is 17.6 Å². The molecule has 0 atom stereocenters. The molecule has 2 aromatic heterocycles. The third kappa shape index (κ3) is 2.28. The Bertz CT molecular complexity index is 550. The second kappa shape index (κ2) is 4.44. The number of nitrogens with zero attached hydrogens (tertiary/aromatic N) is 2. The third-order valence-electron chi connectivity index (χ3n) is 2.02. The molecule has 0 aliphatic carbocycles. The van der Waals surface area contributed by atoms with Crippen LogP contribution in [-0.4, -0.2) is 32.2 Å². The molecule has 7 nitrogen and oxygen atoms in total. The zero-order valence-electron chi connectivity index (χ0n) is 8.54. The Morgan fingerprint density at radius 3 is 2.88 bits per heavy atom. The summed E-state index contributed by atoms with van der Waals surface area (Å²) < 4.78 is 0. The summed E-state index contributed by atoms with van der Waals surface area (Å²) >= 11 is 0. The molecule has 17 heavy (non-hydrogen) atoms. The molecule has 86 valence electrons. The summed E-state index contributed by atoms with van der Waals surface area (Å²) in [5.74, 6) is -1.65. The van der Waals surface area contributed by atoms with Gasteiger partial charge in [0.25, 0.3) is 5.91 Å². The standard InChI is InChI=1S/C10H8N4O3/c15-9(6-4-12-13-5-6)14-7-2-1-3-11-8(7)10(16)17/h1-5H,(H,12,13)(H,14,15)(H,16,17). The van der Waals surface area contributed by atoms with E-state index in [0.29, 0.717) is 5.56 Å². The van der Waals surface area contributed by atoms with Crippen LogP contribution in [0.2, 0.25) is 0 Å². The topological polar surface area (TPSA) is 108 Å². The molecule has 0 unspecified atom stereocenters. The molecular formula is C10H8N4O3. The summed E-state index contributed by atoms with van der Waals surface area (Å²) in [5, 5.41) is 17.4. The number of amides is 1. The van der Waals surface area contributed by atoms with E-state index < -0.39 is 11.9 Å². The van der Waals surface area contributed by atoms with Gasteiger partial charge in [-0.15, -0.1) is 0 Å². The highest BCUT2D eigenvalue weighted by Crippen LogP contribution is 2.13. The van der Waals surface area contributed by atoms with Crippen LogP contribution in [0.3, 0.4) is 0 Å². The number of hydrogen-bond acceptors (Lipinski definition) is 4. The quantitative estimate of drug-likeness (QED) is 0.723. The summed E-state index contributed by atoms with van der Waals surface area (Å²) in [6.07, 6.45) is 4.09. The Morgan fingerprint density at radius 1 is 1.41 bits per heavy atom. The van der Waals surface area contributed by atoms with Gasteiger partial charge in [-0.3, -0.25) is 9.89 Å². The van der Waals surface area contributed by atoms with Crippen LogP contribution >= 0.6 is 0 Å². The average Bonchev–Trinajstić information content (AvgIpc) is 2.83. The highest BCUT2D eigenvalue weighted by atomic mass is 16.4. The van der Waals surface area contributed by atoms with Gasteiger partial charge in [0.05, 0.1) is 17.4 Å². The van der Waals surface area contributed by atoms with Crippen molar-refractivity contribution in [3.8, 4) is 0 Å². The number of carboxylic acid groups (broad SMARTS) is 1. The van der Waals surface area contributed by atoms with Gasteiger partial charge in [-0.2, -0.15) is 5.10 Å². The molecule has 0 spiro atoms. The van der Waals surface area contributed by atoms with Crippen molar-refractivity contribution in [3.05, 3.63) is 42.0 Å². The fraction of sp³-hybridized carbons (Fsp3) is 0. The Labute approximate surface area is 95.5 Å². The molecule has 2 rings (SSSR count). The zero-order chi connectivity index (χ0) is 12.3. The van der Waals surface area contributed by atoms with Crippen LogP contribution in [0.5, 0.6) is 0 Å². The number of hydrogen-bond donors (Lipinski definition) is 3. The fourth-order valence-electron chi connectivity index (χ4n) is 1.25. The van der Waals surface area contributed by atoms with E-state index in [9.17, 15) is 9.59 Å². The normalized spacial score (nSPS) is 9.88. The number of pyridine rings is 1. The lowest BCUT2D eigenvalue weighted by Crippen LogP contribution is -2.15. The number of anilines is 1. The summed E-state index contributed by atoms with van der Waals surface area (Å²) in [7, 11) is 0. The van der Waals surface area contributed by atoms with E-state index in [4.69, 9.17) is 5.11 Å². The molecule has 2 aromatic rings. The lowest BCUT2D eigenvalue weighted by atomic mass is 10.2. The summed E-state index contributed by atoms with van der Waals surface area (Å²) in [4.78, 5) is 26.2. The minimum Gasteiger partial charge on any atom is -0.476 e. The Morgan fingerprint density at radius 2 is 2.24 bits per heavy atom. The van der Waals surface area contributed by atoms with Crippen molar-refractivity contribution in [2.75, 3.05) is 5.32 Å². The molecule has 7 heteroatoms. The first-order valence-corrected chi connectivity index (χ1v) is 4.67. The molecule has 0 aromatic carbocycles.